The second kappa shape index (κ2) is 8.72. The number of amides is 1. The Bertz CT molecular complexity index is 922. The van der Waals surface area contributed by atoms with Gasteiger partial charge in [-0.1, -0.05) is 32.0 Å². The normalized spacial score (nSPS) is 23.1. The van der Waals surface area contributed by atoms with Gasteiger partial charge in [-0.15, -0.1) is 4.08 Å². The number of fused-ring (bicyclic) bond motifs is 1. The summed E-state index contributed by atoms with van der Waals surface area (Å²) in [7, 11) is -1.96. The third-order valence-electron chi connectivity index (χ3n) is 4.96. The lowest BCUT2D eigenvalue weighted by atomic mass is 9.97. The molecule has 1 amide bonds. The second-order valence-electron chi connectivity index (χ2n) is 9.54. The van der Waals surface area contributed by atoms with E-state index >= 15 is 0 Å². The Morgan fingerprint density at radius 1 is 1.26 bits per heavy atom. The molecule has 11 heteroatoms. The fourth-order valence-electron chi connectivity index (χ4n) is 3.59. The monoisotopic (exact) mass is 489 g/mol. The van der Waals surface area contributed by atoms with E-state index < -0.39 is 34.7 Å². The summed E-state index contributed by atoms with van der Waals surface area (Å²) < 4.78 is 33.4. The number of carboxylic acid groups (broad SMARTS) is 1. The Balaban J connectivity index is 2.01. The number of hydrogen-bond donors (Lipinski definition) is 1. The van der Waals surface area contributed by atoms with Crippen molar-refractivity contribution in [2.45, 2.75) is 65.0 Å². The zero-order valence-corrected chi connectivity index (χ0v) is 21.2. The first-order valence-corrected chi connectivity index (χ1v) is 13.9. The highest BCUT2D eigenvalue weighted by Gasteiger charge is 2.45. The zero-order chi connectivity index (χ0) is 23.2. The number of rotatable bonds is 6. The summed E-state index contributed by atoms with van der Waals surface area (Å²) in [5.41, 5.74) is 0.733. The standard InChI is InChI=1S/C20H31N2O6PS2/c1-13(2)22(29(30)26-11-19(3,4)12-27-29)31(25)17(21-18(23)24)15-9-7-8-14-10-20(5,6)28-16(14)15/h7-9,13,17,21H,10-12H2,1-6H3,(H,23,24)/p-1. The molecular formula is C20H30N2O6PS2-. The molecule has 0 aromatic heterocycles. The SMILES string of the molecule is CC(C)N(S(=O)C(NC(=O)[O-])c1cccc2c1OC(C)(C)C2)P1(=S)OCC(C)(C)CO1. The third-order valence-corrected chi connectivity index (χ3v) is 11.0. The minimum atomic E-state index is -3.11. The van der Waals surface area contributed by atoms with Crippen LogP contribution in [0, 0.1) is 5.41 Å². The maximum atomic E-state index is 13.9. The molecule has 1 N–H and O–H groups in total. The van der Waals surface area contributed by atoms with Crippen molar-refractivity contribution in [2.75, 3.05) is 13.2 Å². The van der Waals surface area contributed by atoms with E-state index in [2.05, 4.69) is 5.32 Å². The van der Waals surface area contributed by atoms with Gasteiger partial charge in [-0.25, -0.2) is 4.21 Å². The van der Waals surface area contributed by atoms with Crippen molar-refractivity contribution in [2.24, 2.45) is 5.41 Å². The van der Waals surface area contributed by atoms with Gasteiger partial charge >= 0.3 is 0 Å². The van der Waals surface area contributed by atoms with E-state index in [0.717, 1.165) is 5.56 Å². The molecule has 8 nitrogen and oxygen atoms in total. The van der Waals surface area contributed by atoms with Crippen LogP contribution in [0.5, 0.6) is 5.75 Å². The molecule has 174 valence electrons. The molecule has 2 aliphatic heterocycles. The van der Waals surface area contributed by atoms with Crippen LogP contribution in [0.4, 0.5) is 4.79 Å². The molecule has 1 saturated heterocycles. The molecule has 2 atom stereocenters. The highest BCUT2D eigenvalue weighted by Crippen LogP contribution is 2.59. The van der Waals surface area contributed by atoms with Gasteiger partial charge in [-0.3, -0.25) is 0 Å². The van der Waals surface area contributed by atoms with Crippen molar-refractivity contribution in [3.8, 4) is 5.75 Å². The van der Waals surface area contributed by atoms with Gasteiger partial charge in [-0.05, 0) is 45.1 Å². The number of carbonyl (C=O) groups excluding carboxylic acids is 1. The number of nitrogens with one attached hydrogen (secondary N) is 1. The molecule has 0 spiro atoms. The van der Waals surface area contributed by atoms with Gasteiger partial charge in [0, 0.05) is 23.4 Å². The van der Waals surface area contributed by atoms with Crippen LogP contribution in [0.2, 0.25) is 0 Å². The van der Waals surface area contributed by atoms with Gasteiger partial charge < -0.3 is 29.0 Å². The number of nitrogens with zero attached hydrogens (tertiary/aromatic N) is 1. The molecule has 0 bridgehead atoms. The van der Waals surface area contributed by atoms with Crippen molar-refractivity contribution in [1.82, 2.24) is 9.39 Å². The fourth-order valence-corrected chi connectivity index (χ4v) is 9.54. The van der Waals surface area contributed by atoms with E-state index in [-0.39, 0.29) is 11.5 Å². The lowest BCUT2D eigenvalue weighted by Crippen LogP contribution is -2.46. The highest BCUT2D eigenvalue weighted by molar-refractivity contribution is 8.12. The van der Waals surface area contributed by atoms with E-state index in [0.29, 0.717) is 30.9 Å². The summed E-state index contributed by atoms with van der Waals surface area (Å²) in [6, 6.07) is 5.10. The van der Waals surface area contributed by atoms with Crippen molar-refractivity contribution in [1.29, 1.82) is 0 Å². The minimum absolute atomic E-state index is 0.214. The summed E-state index contributed by atoms with van der Waals surface area (Å²) in [6.07, 6.45) is -0.881. The summed E-state index contributed by atoms with van der Waals surface area (Å²) in [5, 5.41) is 12.7. The number of benzene rings is 1. The van der Waals surface area contributed by atoms with Crippen LogP contribution in [-0.2, 0) is 38.3 Å². The minimum Gasteiger partial charge on any atom is -0.530 e. The van der Waals surface area contributed by atoms with Gasteiger partial charge in [0.15, 0.2) is 0 Å². The predicted octanol–water partition coefficient (Wildman–Crippen LogP) is 3.00. The largest absolute Gasteiger partial charge is 0.530 e. The van der Waals surface area contributed by atoms with Crippen molar-refractivity contribution >= 4 is 35.5 Å². The topological polar surface area (TPSA) is 100 Å². The Hall–Kier alpha value is -1.03. The molecule has 31 heavy (non-hydrogen) atoms. The summed E-state index contributed by atoms with van der Waals surface area (Å²) >= 11 is 5.73. The Morgan fingerprint density at radius 3 is 2.42 bits per heavy atom. The van der Waals surface area contributed by atoms with Crippen LogP contribution in [0.25, 0.3) is 0 Å². The van der Waals surface area contributed by atoms with Crippen molar-refractivity contribution in [3.63, 3.8) is 0 Å². The summed E-state index contributed by atoms with van der Waals surface area (Å²) in [4.78, 5) is 11.6. The molecule has 2 aliphatic rings. The van der Waals surface area contributed by atoms with E-state index in [4.69, 9.17) is 25.6 Å². The van der Waals surface area contributed by atoms with E-state index in [1.165, 1.54) is 4.08 Å². The van der Waals surface area contributed by atoms with Crippen molar-refractivity contribution < 1.29 is 27.9 Å². The fraction of sp³-hybridized carbons (Fsp3) is 0.650. The smallest absolute Gasteiger partial charge is 0.276 e. The third kappa shape index (κ3) is 5.31. The van der Waals surface area contributed by atoms with E-state index in [9.17, 15) is 14.1 Å². The number of para-hydroxylation sites is 1. The number of ether oxygens (including phenoxy) is 1. The average Bonchev–Trinajstić information content (AvgIpc) is 2.96. The Kier molecular flexibility index (Phi) is 6.93. The average molecular weight is 490 g/mol. The number of hydrogen-bond acceptors (Lipinski definition) is 7. The van der Waals surface area contributed by atoms with Gasteiger partial charge in [0.25, 0.3) is 6.64 Å². The van der Waals surface area contributed by atoms with Gasteiger partial charge in [0.05, 0.1) is 13.2 Å². The first kappa shape index (κ1) is 24.6. The first-order valence-electron chi connectivity index (χ1n) is 10.1. The molecule has 1 fully saturated rings. The van der Waals surface area contributed by atoms with Gasteiger partial charge in [0.2, 0.25) is 0 Å². The molecule has 1 aromatic carbocycles. The highest BCUT2D eigenvalue weighted by atomic mass is 32.5. The Labute approximate surface area is 191 Å². The second-order valence-corrected chi connectivity index (χ2v) is 14.5. The molecule has 2 heterocycles. The molecule has 1 aromatic rings. The quantitative estimate of drug-likeness (QED) is 0.613. The molecule has 0 aliphatic carbocycles. The van der Waals surface area contributed by atoms with Crippen LogP contribution in [0.1, 0.15) is 58.0 Å². The van der Waals surface area contributed by atoms with Crippen LogP contribution >= 0.6 is 6.64 Å². The molecule has 3 rings (SSSR count). The zero-order valence-electron chi connectivity index (χ0n) is 18.7. The summed E-state index contributed by atoms with van der Waals surface area (Å²) in [6.45, 7) is 9.15. The van der Waals surface area contributed by atoms with Gasteiger partial charge in [0.1, 0.15) is 33.8 Å². The van der Waals surface area contributed by atoms with Crippen LogP contribution < -0.4 is 15.2 Å². The number of carbonyl (C=O) groups is 1. The first-order chi connectivity index (χ1) is 14.2. The van der Waals surface area contributed by atoms with E-state index in [1.807, 2.05) is 47.6 Å². The molecule has 2 unspecified atom stereocenters. The van der Waals surface area contributed by atoms with Crippen LogP contribution in [0.15, 0.2) is 18.2 Å². The molecule has 0 saturated carbocycles. The maximum absolute atomic E-state index is 13.9. The maximum Gasteiger partial charge on any atom is 0.276 e. The molecular weight excluding hydrogens is 459 g/mol. The Morgan fingerprint density at radius 2 is 1.87 bits per heavy atom. The van der Waals surface area contributed by atoms with Crippen molar-refractivity contribution in [3.05, 3.63) is 29.3 Å². The predicted molar refractivity (Wildman–Crippen MR) is 121 cm³/mol. The van der Waals surface area contributed by atoms with Crippen LogP contribution in [-0.4, -0.2) is 39.2 Å². The van der Waals surface area contributed by atoms with Crippen LogP contribution in [0.3, 0.4) is 0 Å². The van der Waals surface area contributed by atoms with Gasteiger partial charge in [-0.2, -0.15) is 0 Å². The lowest BCUT2D eigenvalue weighted by Gasteiger charge is -2.43. The van der Waals surface area contributed by atoms with E-state index in [1.54, 1.807) is 12.1 Å². The summed E-state index contributed by atoms with van der Waals surface area (Å²) in [5.74, 6) is 0.534. The lowest BCUT2D eigenvalue weighted by molar-refractivity contribution is -0.251. The molecule has 0 radical (unpaired) electrons.